The Morgan fingerprint density at radius 3 is 1.25 bits per heavy atom. The second kappa shape index (κ2) is 15.1. The number of ether oxygens (including phenoxy) is 2. The predicted molar refractivity (Wildman–Crippen MR) is 139 cm³/mol. The van der Waals surface area contributed by atoms with E-state index in [1.807, 2.05) is 12.4 Å². The molecular weight excluding hydrogens is 507 g/mol. The van der Waals surface area contributed by atoms with Crippen LogP contribution in [0.3, 0.4) is 0 Å². The summed E-state index contributed by atoms with van der Waals surface area (Å²) in [5, 5.41) is 0. The van der Waals surface area contributed by atoms with Crippen molar-refractivity contribution in [2.24, 2.45) is 9.98 Å². The number of aryl methyl sites for hydroxylation is 6. The quantitative estimate of drug-likeness (QED) is 0.196. The number of halogens is 2. The molecule has 0 fully saturated rings. The Morgan fingerprint density at radius 1 is 0.719 bits per heavy atom. The van der Waals surface area contributed by atoms with Crippen LogP contribution < -0.4 is 0 Å². The van der Waals surface area contributed by atoms with Gasteiger partial charge in [-0.05, 0) is 63.8 Å². The molecule has 2 rings (SSSR count). The molecule has 0 aromatic heterocycles. The molecule has 2 aromatic carbocycles. The van der Waals surface area contributed by atoms with Crippen LogP contribution >= 0.6 is 32.0 Å². The van der Waals surface area contributed by atoms with Gasteiger partial charge >= 0.3 is 33.3 Å². The zero-order chi connectivity index (χ0) is 24.3. The van der Waals surface area contributed by atoms with Crippen molar-refractivity contribution >= 4 is 55.8 Å². The second-order valence-electron chi connectivity index (χ2n) is 7.45. The summed E-state index contributed by atoms with van der Waals surface area (Å²) in [6.07, 6.45) is 3.66. The van der Waals surface area contributed by atoms with Gasteiger partial charge in [0, 0.05) is 26.6 Å². The maximum absolute atomic E-state index is 5.60. The molecule has 0 aliphatic carbocycles. The topological polar surface area (TPSA) is 43.2 Å². The van der Waals surface area contributed by atoms with Crippen molar-refractivity contribution in [2.45, 2.75) is 52.4 Å². The summed E-state index contributed by atoms with van der Waals surface area (Å²) in [6, 6.07) is 8.58. The van der Waals surface area contributed by atoms with E-state index in [1.165, 1.54) is 22.9 Å². The molecule has 0 heterocycles. The van der Waals surface area contributed by atoms with Crippen LogP contribution in [-0.4, -0.2) is 37.5 Å². The van der Waals surface area contributed by atoms with Crippen molar-refractivity contribution < 1.29 is 22.6 Å². The van der Waals surface area contributed by atoms with Gasteiger partial charge in [0.05, 0.1) is 11.4 Å². The Kier molecular flexibility index (Phi) is 13.8. The number of nitrogens with zero attached hydrogens (tertiary/aromatic N) is 2. The van der Waals surface area contributed by atoms with E-state index in [4.69, 9.17) is 39.7 Å². The van der Waals surface area contributed by atoms with Crippen LogP contribution in [0.2, 0.25) is 0 Å². The molecule has 4 nitrogen and oxygen atoms in total. The average Bonchev–Trinajstić information content (AvgIpc) is 2.70. The zero-order valence-electron chi connectivity index (χ0n) is 19.8. The zero-order valence-corrected chi connectivity index (χ0v) is 23.3. The van der Waals surface area contributed by atoms with Gasteiger partial charge in [-0.15, -0.1) is 0 Å². The Morgan fingerprint density at radius 2 is 1.00 bits per heavy atom. The molecule has 0 saturated carbocycles. The summed E-state index contributed by atoms with van der Waals surface area (Å²) in [5.41, 5.74) is 8.63. The molecule has 0 aliphatic heterocycles. The van der Waals surface area contributed by atoms with Gasteiger partial charge < -0.3 is 9.47 Å². The van der Waals surface area contributed by atoms with Crippen LogP contribution in [0.1, 0.15) is 33.4 Å². The number of rotatable bonds is 8. The Hall–Kier alpha value is -0.851. The minimum absolute atomic E-state index is 0.194. The van der Waals surface area contributed by atoms with Crippen molar-refractivity contribution in [3.05, 3.63) is 57.6 Å². The number of methoxy groups -OCH3 is 2. The van der Waals surface area contributed by atoms with E-state index in [2.05, 4.69) is 65.8 Å². The van der Waals surface area contributed by atoms with Crippen LogP contribution in [0, 0.1) is 41.5 Å². The molecular formula is C24H32Cl2FeN2O2S. The van der Waals surface area contributed by atoms with Crippen LogP contribution in [0.4, 0.5) is 11.4 Å². The molecule has 0 bridgehead atoms. The van der Waals surface area contributed by atoms with E-state index >= 15 is 0 Å². The van der Waals surface area contributed by atoms with Crippen molar-refractivity contribution in [3.8, 4) is 0 Å². The maximum atomic E-state index is 5.60. The normalized spacial score (nSPS) is 13.4. The number of thioether (sulfide) groups is 1. The Balaban J connectivity index is 0.00000161. The second-order valence-corrected chi connectivity index (χ2v) is 10.5. The van der Waals surface area contributed by atoms with E-state index in [0.717, 1.165) is 33.6 Å². The fourth-order valence-corrected chi connectivity index (χ4v) is 4.21. The molecule has 0 amide bonds. The van der Waals surface area contributed by atoms with Gasteiger partial charge in [0.2, 0.25) is 0 Å². The summed E-state index contributed by atoms with van der Waals surface area (Å²) < 4.78 is 11.2. The van der Waals surface area contributed by atoms with Crippen molar-refractivity contribution in [1.29, 1.82) is 0 Å². The van der Waals surface area contributed by atoms with Crippen LogP contribution in [0.15, 0.2) is 34.3 Å². The van der Waals surface area contributed by atoms with Gasteiger partial charge in [0.15, 0.2) is 0 Å². The Labute approximate surface area is 211 Å². The van der Waals surface area contributed by atoms with Gasteiger partial charge in [0.25, 0.3) is 0 Å². The number of hydrogen-bond acceptors (Lipinski definition) is 5. The molecule has 8 heteroatoms. The summed E-state index contributed by atoms with van der Waals surface area (Å²) in [7, 11) is 12.9. The van der Waals surface area contributed by atoms with Gasteiger partial charge in [-0.2, -0.15) is 0 Å². The van der Waals surface area contributed by atoms with E-state index in [-0.39, 0.29) is 24.0 Å². The van der Waals surface area contributed by atoms with Crippen molar-refractivity contribution in [2.75, 3.05) is 14.2 Å². The first-order chi connectivity index (χ1) is 15.2. The van der Waals surface area contributed by atoms with Crippen LogP contribution in [0.25, 0.3) is 0 Å². The third-order valence-electron chi connectivity index (χ3n) is 4.65. The van der Waals surface area contributed by atoms with Crippen LogP contribution in [-0.2, 0) is 22.6 Å². The molecule has 0 radical (unpaired) electrons. The third-order valence-corrected chi connectivity index (χ3v) is 5.82. The summed E-state index contributed by atoms with van der Waals surface area (Å²) >= 11 is 1.71. The van der Waals surface area contributed by atoms with E-state index < -0.39 is 0 Å². The molecule has 2 atom stereocenters. The van der Waals surface area contributed by atoms with Crippen molar-refractivity contribution in [3.63, 3.8) is 0 Å². The monoisotopic (exact) mass is 538 g/mol. The van der Waals surface area contributed by atoms with Gasteiger partial charge in [-0.1, -0.05) is 47.2 Å². The minimum atomic E-state index is -0.244. The van der Waals surface area contributed by atoms with Gasteiger partial charge in [-0.25, -0.2) is 0 Å². The van der Waals surface area contributed by atoms with E-state index in [1.54, 1.807) is 14.2 Å². The molecule has 0 saturated heterocycles. The van der Waals surface area contributed by atoms with Gasteiger partial charge in [-0.3, -0.25) is 9.98 Å². The number of aliphatic imine (C=N–C) groups is 2. The summed E-state index contributed by atoms with van der Waals surface area (Å²) in [6.45, 7) is 12.5. The van der Waals surface area contributed by atoms with Gasteiger partial charge in [0.1, 0.15) is 10.9 Å². The fourth-order valence-electron chi connectivity index (χ4n) is 3.46. The molecule has 0 spiro atoms. The summed E-state index contributed by atoms with van der Waals surface area (Å²) in [4.78, 5) is 9.38. The molecule has 2 unspecified atom stereocenters. The first-order valence-electron chi connectivity index (χ1n) is 9.97. The van der Waals surface area contributed by atoms with Crippen molar-refractivity contribution in [1.82, 2.24) is 0 Å². The molecule has 0 N–H and O–H groups in total. The first kappa shape index (κ1) is 29.2. The van der Waals surface area contributed by atoms with E-state index in [0.29, 0.717) is 0 Å². The fraction of sp³-hybridized carbons (Fsp3) is 0.417. The SMILES string of the molecule is COC(C=Nc1c(C)cc(C)cc1C)SC(C=Nc1c(C)cc(C)cc1C)OC.[Cl][Fe][Cl]. The standard InChI is InChI=1S/C24H32N2O2S.2ClH.Fe/c1-15-9-17(3)23(18(4)10-15)25-13-21(27-7)29-22(28-8)14-26-24-19(5)11-16(2)12-20(24)6;;;/h9-14,21-22H,1-8H3;2*1H;/q;;;+2/p-2. The molecule has 32 heavy (non-hydrogen) atoms. The third kappa shape index (κ3) is 9.56. The molecule has 2 aromatic rings. The molecule has 0 aliphatic rings. The Bertz CT molecular complexity index is 819. The first-order valence-corrected chi connectivity index (χ1v) is 13.9. The predicted octanol–water partition coefficient (Wildman–Crippen LogP) is 7.70. The average molecular weight is 539 g/mol. The number of hydrogen-bond donors (Lipinski definition) is 0. The summed E-state index contributed by atoms with van der Waals surface area (Å²) in [5.74, 6) is 0. The number of benzene rings is 2. The van der Waals surface area contributed by atoms with E-state index in [9.17, 15) is 0 Å². The van der Waals surface area contributed by atoms with Crippen LogP contribution in [0.5, 0.6) is 0 Å². The molecule has 178 valence electrons.